The van der Waals surface area contributed by atoms with Crippen molar-refractivity contribution in [2.45, 2.75) is 31.8 Å². The molecule has 2 amide bonds. The fourth-order valence-corrected chi connectivity index (χ4v) is 4.39. The van der Waals surface area contributed by atoms with E-state index in [-0.39, 0.29) is 6.61 Å². The summed E-state index contributed by atoms with van der Waals surface area (Å²) in [5.74, 6) is -0.887. The summed E-state index contributed by atoms with van der Waals surface area (Å²) in [6.07, 6.45) is 3.07. The summed E-state index contributed by atoms with van der Waals surface area (Å²) in [5, 5.41) is 3.97. The molecule has 8 heteroatoms. The molecule has 1 aliphatic heterocycles. The number of thiophene rings is 1. The lowest BCUT2D eigenvalue weighted by Crippen LogP contribution is -2.47. The number of hydrogen-bond acceptors (Lipinski definition) is 7. The highest BCUT2D eigenvalue weighted by Gasteiger charge is 2.29. The molecular weight excluding hydrogens is 382 g/mol. The van der Waals surface area contributed by atoms with Crippen molar-refractivity contribution in [3.63, 3.8) is 0 Å². The molecule has 0 fully saturated rings. The van der Waals surface area contributed by atoms with E-state index in [0.717, 1.165) is 31.2 Å². The van der Waals surface area contributed by atoms with Crippen molar-refractivity contribution in [2.24, 2.45) is 0 Å². The molecule has 0 bridgehead atoms. The third-order valence-electron chi connectivity index (χ3n) is 4.68. The maximum atomic E-state index is 12.3. The number of para-hydroxylation sites is 2. The molecule has 146 valence electrons. The summed E-state index contributed by atoms with van der Waals surface area (Å²) >= 11 is 1.55. The summed E-state index contributed by atoms with van der Waals surface area (Å²) < 4.78 is 16.1. The first-order valence-electron chi connectivity index (χ1n) is 9.10. The number of rotatable bonds is 4. The molecule has 1 aromatic heterocycles. The Morgan fingerprint density at radius 3 is 2.79 bits per heavy atom. The number of carbonyl (C=O) groups is 3. The van der Waals surface area contributed by atoms with Gasteiger partial charge < -0.3 is 14.2 Å². The summed E-state index contributed by atoms with van der Waals surface area (Å²) in [6, 6.07) is 6.97. The highest BCUT2D eigenvalue weighted by atomic mass is 32.1. The number of imide groups is 1. The lowest BCUT2D eigenvalue weighted by molar-refractivity contribution is -0.137. The summed E-state index contributed by atoms with van der Waals surface area (Å²) in [6.45, 7) is -0.531. The van der Waals surface area contributed by atoms with Crippen LogP contribution in [0.25, 0.3) is 0 Å². The van der Waals surface area contributed by atoms with E-state index in [1.807, 2.05) is 0 Å². The zero-order valence-electron chi connectivity index (χ0n) is 15.1. The van der Waals surface area contributed by atoms with Gasteiger partial charge in [-0.15, -0.1) is 11.3 Å². The van der Waals surface area contributed by atoms with E-state index in [9.17, 15) is 14.4 Å². The Morgan fingerprint density at radius 2 is 1.93 bits per heavy atom. The molecule has 1 aromatic carbocycles. The third kappa shape index (κ3) is 3.87. The molecule has 1 aliphatic carbocycles. The number of nitrogens with one attached hydrogen (secondary N) is 1. The topological polar surface area (TPSA) is 90.9 Å². The number of fused-ring (bicyclic) bond motifs is 2. The van der Waals surface area contributed by atoms with Crippen LogP contribution in [0, 0.1) is 0 Å². The minimum atomic E-state index is -0.946. The van der Waals surface area contributed by atoms with E-state index < -0.39 is 30.5 Å². The Morgan fingerprint density at radius 1 is 1.14 bits per heavy atom. The van der Waals surface area contributed by atoms with Crippen LogP contribution in [0.5, 0.6) is 11.5 Å². The van der Waals surface area contributed by atoms with Gasteiger partial charge in [0, 0.05) is 10.3 Å². The first kappa shape index (κ1) is 18.5. The van der Waals surface area contributed by atoms with Crippen LogP contribution in [0.15, 0.2) is 29.6 Å². The number of benzene rings is 1. The Kier molecular flexibility index (Phi) is 5.29. The molecule has 2 aliphatic rings. The number of carbonyl (C=O) groups excluding carboxylic acids is 3. The molecule has 0 radical (unpaired) electrons. The first-order valence-corrected chi connectivity index (χ1v) is 9.98. The Bertz CT molecular complexity index is 921. The van der Waals surface area contributed by atoms with Crippen LogP contribution in [-0.2, 0) is 27.2 Å². The van der Waals surface area contributed by atoms with Gasteiger partial charge in [-0.05, 0) is 43.4 Å². The van der Waals surface area contributed by atoms with Crippen molar-refractivity contribution < 1.29 is 28.6 Å². The average molecular weight is 401 g/mol. The highest BCUT2D eigenvalue weighted by molar-refractivity contribution is 7.10. The number of hydrogen-bond donors (Lipinski definition) is 1. The highest BCUT2D eigenvalue weighted by Crippen LogP contribution is 2.31. The molecule has 1 N–H and O–H groups in total. The number of aryl methyl sites for hydroxylation is 1. The van der Waals surface area contributed by atoms with Gasteiger partial charge in [0.15, 0.2) is 18.1 Å². The van der Waals surface area contributed by atoms with Crippen LogP contribution in [0.4, 0.5) is 0 Å². The predicted octanol–water partition coefficient (Wildman–Crippen LogP) is 2.27. The lowest BCUT2D eigenvalue weighted by Gasteiger charge is -2.25. The minimum Gasteiger partial charge on any atom is -0.485 e. The van der Waals surface area contributed by atoms with Crippen LogP contribution in [0.2, 0.25) is 0 Å². The van der Waals surface area contributed by atoms with E-state index in [1.54, 1.807) is 41.0 Å². The van der Waals surface area contributed by atoms with Crippen LogP contribution >= 0.6 is 11.3 Å². The Labute approximate surface area is 165 Å². The third-order valence-corrected chi connectivity index (χ3v) is 5.77. The van der Waals surface area contributed by atoms with E-state index in [0.29, 0.717) is 17.1 Å². The Hall–Kier alpha value is -2.87. The molecule has 0 unspecified atom stereocenters. The second-order valence-electron chi connectivity index (χ2n) is 6.61. The molecule has 28 heavy (non-hydrogen) atoms. The molecule has 4 rings (SSSR count). The van der Waals surface area contributed by atoms with Crippen molar-refractivity contribution in [3.05, 3.63) is 45.6 Å². The maximum absolute atomic E-state index is 12.3. The smallest absolute Gasteiger partial charge is 0.339 e. The van der Waals surface area contributed by atoms with Crippen molar-refractivity contribution in [1.82, 2.24) is 5.32 Å². The van der Waals surface area contributed by atoms with Crippen LogP contribution in [0.3, 0.4) is 0 Å². The van der Waals surface area contributed by atoms with Gasteiger partial charge in [-0.3, -0.25) is 14.9 Å². The molecule has 2 aromatic rings. The number of amides is 2. The van der Waals surface area contributed by atoms with Gasteiger partial charge in [0.05, 0.1) is 5.56 Å². The van der Waals surface area contributed by atoms with E-state index >= 15 is 0 Å². The van der Waals surface area contributed by atoms with Gasteiger partial charge in [-0.1, -0.05) is 12.1 Å². The fourth-order valence-electron chi connectivity index (χ4n) is 3.28. The van der Waals surface area contributed by atoms with Crippen LogP contribution < -0.4 is 14.8 Å². The molecule has 7 nitrogen and oxygen atoms in total. The summed E-state index contributed by atoms with van der Waals surface area (Å²) in [7, 11) is 0. The number of ether oxygens (including phenoxy) is 3. The molecule has 1 atom stereocenters. The zero-order valence-corrected chi connectivity index (χ0v) is 15.9. The molecule has 0 saturated heterocycles. The molecule has 0 saturated carbocycles. The van der Waals surface area contributed by atoms with E-state index in [1.165, 1.54) is 4.88 Å². The van der Waals surface area contributed by atoms with Gasteiger partial charge in [0.2, 0.25) is 6.10 Å². The first-order chi connectivity index (χ1) is 13.6. The molecule has 0 spiro atoms. The quantitative estimate of drug-likeness (QED) is 0.791. The van der Waals surface area contributed by atoms with E-state index in [4.69, 9.17) is 14.2 Å². The van der Waals surface area contributed by atoms with Gasteiger partial charge in [0.25, 0.3) is 11.8 Å². The monoisotopic (exact) mass is 401 g/mol. The normalized spacial score (nSPS) is 17.4. The Balaban J connectivity index is 1.28. The van der Waals surface area contributed by atoms with Gasteiger partial charge in [0.1, 0.15) is 6.61 Å². The standard InChI is InChI=1S/C20H19NO6S/c22-18(10-26-20(24)13-11-28-17-8-4-1-5-12(13)17)21-19(23)16-9-25-14-6-2-3-7-15(14)27-16/h2-3,6-7,11,16H,1,4-5,8-10H2,(H,21,22,23)/t16-/m1/s1. The fraction of sp³-hybridized carbons (Fsp3) is 0.350. The lowest BCUT2D eigenvalue weighted by atomic mass is 9.96. The maximum Gasteiger partial charge on any atom is 0.339 e. The van der Waals surface area contributed by atoms with Crippen LogP contribution in [-0.4, -0.2) is 37.1 Å². The van der Waals surface area contributed by atoms with Crippen LogP contribution in [0.1, 0.15) is 33.6 Å². The van der Waals surface area contributed by atoms with Gasteiger partial charge >= 0.3 is 5.97 Å². The molecule has 2 heterocycles. The average Bonchev–Trinajstić information content (AvgIpc) is 3.16. The summed E-state index contributed by atoms with van der Waals surface area (Å²) in [4.78, 5) is 37.7. The van der Waals surface area contributed by atoms with E-state index in [2.05, 4.69) is 5.32 Å². The van der Waals surface area contributed by atoms with Crippen molar-refractivity contribution >= 4 is 29.1 Å². The predicted molar refractivity (Wildman–Crippen MR) is 101 cm³/mol. The van der Waals surface area contributed by atoms with Crippen molar-refractivity contribution in [1.29, 1.82) is 0 Å². The van der Waals surface area contributed by atoms with Gasteiger partial charge in [-0.25, -0.2) is 4.79 Å². The SMILES string of the molecule is O=C(COC(=O)c1csc2c1CCCC2)NC(=O)[C@H]1COc2ccccc2O1. The largest absolute Gasteiger partial charge is 0.485 e. The number of esters is 1. The van der Waals surface area contributed by atoms with Crippen molar-refractivity contribution in [2.75, 3.05) is 13.2 Å². The second-order valence-corrected chi connectivity index (χ2v) is 7.58. The zero-order chi connectivity index (χ0) is 19.5. The molecular formula is C20H19NO6S. The second kappa shape index (κ2) is 8.02. The minimum absolute atomic E-state index is 0.00302. The van der Waals surface area contributed by atoms with Crippen molar-refractivity contribution in [3.8, 4) is 11.5 Å². The van der Waals surface area contributed by atoms with Gasteiger partial charge in [-0.2, -0.15) is 0 Å². The summed E-state index contributed by atoms with van der Waals surface area (Å²) in [5.41, 5.74) is 1.56.